The maximum absolute atomic E-state index is 12.6. The van der Waals surface area contributed by atoms with Crippen LogP contribution in [0.25, 0.3) is 11.3 Å². The first-order valence-electron chi connectivity index (χ1n) is 7.47. The van der Waals surface area contributed by atoms with Crippen molar-refractivity contribution in [1.82, 2.24) is 4.98 Å². The van der Waals surface area contributed by atoms with E-state index in [-0.39, 0.29) is 5.75 Å². The monoisotopic (exact) mass is 364 g/mol. The van der Waals surface area contributed by atoms with Crippen molar-refractivity contribution in [3.63, 3.8) is 0 Å². The Morgan fingerprint density at radius 3 is 2.56 bits per heavy atom. The number of hydrogen-bond donors (Lipinski definition) is 1. The van der Waals surface area contributed by atoms with Crippen LogP contribution in [0.15, 0.2) is 47.8 Å². The van der Waals surface area contributed by atoms with E-state index in [0.29, 0.717) is 16.4 Å². The summed E-state index contributed by atoms with van der Waals surface area (Å²) in [6.45, 7) is 3.99. The maximum atomic E-state index is 12.6. The zero-order valence-corrected chi connectivity index (χ0v) is 14.3. The van der Waals surface area contributed by atoms with E-state index in [9.17, 15) is 13.2 Å². The van der Waals surface area contributed by atoms with Crippen molar-refractivity contribution in [1.29, 1.82) is 0 Å². The molecular formula is C18H15F3N2OS. The summed E-state index contributed by atoms with van der Waals surface area (Å²) in [4.78, 5) is 4.39. The van der Waals surface area contributed by atoms with Crippen LogP contribution in [-0.2, 0) is 0 Å². The molecule has 0 unspecified atom stereocenters. The molecule has 0 saturated carbocycles. The van der Waals surface area contributed by atoms with Crippen LogP contribution >= 0.6 is 11.3 Å². The van der Waals surface area contributed by atoms with Gasteiger partial charge in [0, 0.05) is 16.6 Å². The summed E-state index contributed by atoms with van der Waals surface area (Å²) in [5, 5.41) is 5.50. The highest BCUT2D eigenvalue weighted by molar-refractivity contribution is 7.14. The SMILES string of the molecule is Cc1ccc(Nc2nc(-c3ccccc3OC(F)(F)F)cs2)c(C)c1. The number of benzene rings is 2. The van der Waals surface area contributed by atoms with E-state index in [0.717, 1.165) is 16.8 Å². The molecule has 2 aromatic carbocycles. The van der Waals surface area contributed by atoms with Crippen molar-refractivity contribution in [2.24, 2.45) is 0 Å². The molecule has 1 N–H and O–H groups in total. The van der Waals surface area contributed by atoms with Gasteiger partial charge in [-0.1, -0.05) is 29.8 Å². The third-order valence-electron chi connectivity index (χ3n) is 3.52. The van der Waals surface area contributed by atoms with Crippen LogP contribution in [0.5, 0.6) is 5.75 Å². The number of aromatic nitrogens is 1. The Morgan fingerprint density at radius 1 is 1.08 bits per heavy atom. The lowest BCUT2D eigenvalue weighted by Gasteiger charge is -2.11. The Balaban J connectivity index is 1.87. The molecule has 1 aromatic heterocycles. The predicted molar refractivity (Wildman–Crippen MR) is 93.4 cm³/mol. The molecule has 3 nitrogen and oxygen atoms in total. The van der Waals surface area contributed by atoms with Gasteiger partial charge in [-0.2, -0.15) is 0 Å². The molecule has 0 aliphatic heterocycles. The number of aryl methyl sites for hydroxylation is 2. The summed E-state index contributed by atoms with van der Waals surface area (Å²) in [6.07, 6.45) is -4.74. The largest absolute Gasteiger partial charge is 0.573 e. The number of para-hydroxylation sites is 1. The van der Waals surface area contributed by atoms with E-state index in [1.54, 1.807) is 17.5 Å². The number of alkyl halides is 3. The van der Waals surface area contributed by atoms with Crippen LogP contribution in [0.3, 0.4) is 0 Å². The average molecular weight is 364 g/mol. The van der Waals surface area contributed by atoms with Gasteiger partial charge in [0.05, 0.1) is 5.69 Å². The number of anilines is 2. The van der Waals surface area contributed by atoms with Gasteiger partial charge >= 0.3 is 6.36 Å². The molecule has 0 spiro atoms. The molecule has 3 rings (SSSR count). The van der Waals surface area contributed by atoms with Crippen LogP contribution in [0.2, 0.25) is 0 Å². The third-order valence-corrected chi connectivity index (χ3v) is 4.27. The zero-order valence-electron chi connectivity index (χ0n) is 13.5. The molecule has 1 heterocycles. The normalized spacial score (nSPS) is 11.4. The minimum Gasteiger partial charge on any atom is -0.405 e. The van der Waals surface area contributed by atoms with E-state index in [4.69, 9.17) is 0 Å². The third kappa shape index (κ3) is 4.30. The summed E-state index contributed by atoms with van der Waals surface area (Å²) in [5.74, 6) is -0.265. The fraction of sp³-hybridized carbons (Fsp3) is 0.167. The van der Waals surface area contributed by atoms with Gasteiger partial charge in [0.2, 0.25) is 0 Å². The van der Waals surface area contributed by atoms with E-state index < -0.39 is 6.36 Å². The first-order chi connectivity index (χ1) is 11.8. The van der Waals surface area contributed by atoms with Gasteiger partial charge in [0.25, 0.3) is 0 Å². The minimum atomic E-state index is -4.74. The molecule has 0 fully saturated rings. The Labute approximate surface area is 147 Å². The van der Waals surface area contributed by atoms with Gasteiger partial charge in [-0.15, -0.1) is 24.5 Å². The van der Waals surface area contributed by atoms with Crippen LogP contribution in [0.4, 0.5) is 24.0 Å². The molecular weight excluding hydrogens is 349 g/mol. The highest BCUT2D eigenvalue weighted by atomic mass is 32.1. The van der Waals surface area contributed by atoms with Crippen LogP contribution in [0, 0.1) is 13.8 Å². The standard InChI is InChI=1S/C18H15F3N2OS/c1-11-7-8-14(12(2)9-11)22-17-23-15(10-25-17)13-5-3-4-6-16(13)24-18(19,20)21/h3-10H,1-2H3,(H,22,23). The number of halogens is 3. The average Bonchev–Trinajstić information content (AvgIpc) is 2.97. The molecule has 7 heteroatoms. The first kappa shape index (κ1) is 17.3. The second-order valence-electron chi connectivity index (χ2n) is 5.53. The number of thiazole rings is 1. The maximum Gasteiger partial charge on any atom is 0.573 e. The van der Waals surface area contributed by atoms with Crippen molar-refractivity contribution in [3.05, 3.63) is 59.0 Å². The van der Waals surface area contributed by atoms with Gasteiger partial charge < -0.3 is 10.1 Å². The lowest BCUT2D eigenvalue weighted by molar-refractivity contribution is -0.274. The zero-order chi connectivity index (χ0) is 18.0. The van der Waals surface area contributed by atoms with Gasteiger partial charge in [-0.3, -0.25) is 0 Å². The topological polar surface area (TPSA) is 34.2 Å². The van der Waals surface area contributed by atoms with Gasteiger partial charge in [-0.05, 0) is 37.6 Å². The van der Waals surface area contributed by atoms with Crippen molar-refractivity contribution in [3.8, 4) is 17.0 Å². The molecule has 0 amide bonds. The Bertz CT molecular complexity index is 890. The molecule has 25 heavy (non-hydrogen) atoms. The molecule has 0 radical (unpaired) electrons. The van der Waals surface area contributed by atoms with E-state index in [1.807, 2.05) is 32.0 Å². The summed E-state index contributed by atoms with van der Waals surface area (Å²) >= 11 is 1.32. The Kier molecular flexibility index (Phi) is 4.67. The second kappa shape index (κ2) is 6.76. The first-order valence-corrected chi connectivity index (χ1v) is 8.35. The number of nitrogens with zero attached hydrogens (tertiary/aromatic N) is 1. The quantitative estimate of drug-likeness (QED) is 0.610. The molecule has 0 saturated heterocycles. The molecule has 130 valence electrons. The highest BCUT2D eigenvalue weighted by Crippen LogP contribution is 2.35. The van der Waals surface area contributed by atoms with E-state index >= 15 is 0 Å². The fourth-order valence-electron chi connectivity index (χ4n) is 2.42. The molecule has 3 aromatic rings. The van der Waals surface area contributed by atoms with Gasteiger partial charge in [0.1, 0.15) is 5.75 Å². The molecule has 0 aliphatic rings. The number of hydrogen-bond acceptors (Lipinski definition) is 4. The van der Waals surface area contributed by atoms with Crippen LogP contribution in [0.1, 0.15) is 11.1 Å². The number of nitrogens with one attached hydrogen (secondary N) is 1. The smallest absolute Gasteiger partial charge is 0.405 e. The minimum absolute atomic E-state index is 0.265. The summed E-state index contributed by atoms with van der Waals surface area (Å²) in [6, 6.07) is 11.9. The Morgan fingerprint density at radius 2 is 1.84 bits per heavy atom. The second-order valence-corrected chi connectivity index (χ2v) is 6.38. The van der Waals surface area contributed by atoms with E-state index in [2.05, 4.69) is 15.0 Å². The van der Waals surface area contributed by atoms with Crippen LogP contribution in [-0.4, -0.2) is 11.3 Å². The number of ether oxygens (including phenoxy) is 1. The summed E-state index contributed by atoms with van der Waals surface area (Å²) in [7, 11) is 0. The number of rotatable bonds is 4. The van der Waals surface area contributed by atoms with Gasteiger partial charge in [-0.25, -0.2) is 4.98 Å². The highest BCUT2D eigenvalue weighted by Gasteiger charge is 2.32. The van der Waals surface area contributed by atoms with Crippen LogP contribution < -0.4 is 10.1 Å². The van der Waals surface area contributed by atoms with Crippen molar-refractivity contribution < 1.29 is 17.9 Å². The van der Waals surface area contributed by atoms with Crippen molar-refractivity contribution in [2.45, 2.75) is 20.2 Å². The van der Waals surface area contributed by atoms with Gasteiger partial charge in [0.15, 0.2) is 5.13 Å². The molecule has 0 bridgehead atoms. The lowest BCUT2D eigenvalue weighted by Crippen LogP contribution is -2.17. The predicted octanol–water partition coefficient (Wildman–Crippen LogP) is 6.07. The Hall–Kier alpha value is -2.54. The van der Waals surface area contributed by atoms with Crippen molar-refractivity contribution in [2.75, 3.05) is 5.32 Å². The van der Waals surface area contributed by atoms with E-state index in [1.165, 1.54) is 23.5 Å². The fourth-order valence-corrected chi connectivity index (χ4v) is 3.14. The summed E-state index contributed by atoms with van der Waals surface area (Å²) in [5.41, 5.74) is 3.85. The van der Waals surface area contributed by atoms with Crippen molar-refractivity contribution >= 4 is 22.2 Å². The lowest BCUT2D eigenvalue weighted by atomic mass is 10.1. The molecule has 0 aliphatic carbocycles. The summed E-state index contributed by atoms with van der Waals surface area (Å²) < 4.78 is 41.8. The molecule has 0 atom stereocenters.